The van der Waals surface area contributed by atoms with Crippen molar-refractivity contribution in [1.29, 1.82) is 0 Å². The summed E-state index contributed by atoms with van der Waals surface area (Å²) in [7, 11) is 0. The van der Waals surface area contributed by atoms with E-state index in [-0.39, 0.29) is 5.69 Å². The van der Waals surface area contributed by atoms with Gasteiger partial charge in [-0.3, -0.25) is 0 Å². The van der Waals surface area contributed by atoms with Gasteiger partial charge in [-0.05, 0) is 19.3 Å². The molecule has 2 atom stereocenters. The number of hydrogen-bond donors (Lipinski definition) is 1. The van der Waals surface area contributed by atoms with Crippen LogP contribution in [0.1, 0.15) is 52.5 Å². The second-order valence-corrected chi connectivity index (χ2v) is 5.51. The molecule has 82 valence electrons. The number of carboxylic acids is 1. The minimum atomic E-state index is -0.902. The van der Waals surface area contributed by atoms with Crippen LogP contribution in [0.15, 0.2) is 0 Å². The Kier molecular flexibility index (Phi) is 2.78. The molecule has 1 aliphatic carbocycles. The predicted octanol–water partition coefficient (Wildman–Crippen LogP) is 3.05. The molecule has 1 heterocycles. The van der Waals surface area contributed by atoms with Gasteiger partial charge in [-0.15, -0.1) is 11.3 Å². The molecule has 0 amide bonds. The van der Waals surface area contributed by atoms with Crippen molar-refractivity contribution in [1.82, 2.24) is 4.98 Å². The normalized spacial score (nSPS) is 25.7. The number of aryl methyl sites for hydroxylation is 1. The topological polar surface area (TPSA) is 50.2 Å². The van der Waals surface area contributed by atoms with Gasteiger partial charge in [0.15, 0.2) is 5.69 Å². The van der Waals surface area contributed by atoms with Crippen molar-refractivity contribution < 1.29 is 9.90 Å². The van der Waals surface area contributed by atoms with Gasteiger partial charge >= 0.3 is 5.97 Å². The minimum absolute atomic E-state index is 0.245. The molecule has 4 heteroatoms. The van der Waals surface area contributed by atoms with Crippen LogP contribution in [0.4, 0.5) is 0 Å². The zero-order chi connectivity index (χ0) is 11.0. The monoisotopic (exact) mass is 225 g/mol. The summed E-state index contributed by atoms with van der Waals surface area (Å²) in [6.45, 7) is 4.07. The van der Waals surface area contributed by atoms with E-state index >= 15 is 0 Å². The zero-order valence-electron chi connectivity index (χ0n) is 8.99. The van der Waals surface area contributed by atoms with Gasteiger partial charge in [0, 0.05) is 10.8 Å². The highest BCUT2D eigenvalue weighted by molar-refractivity contribution is 7.12. The summed E-state index contributed by atoms with van der Waals surface area (Å²) in [5, 5.41) is 9.95. The summed E-state index contributed by atoms with van der Waals surface area (Å²) in [6.07, 6.45) is 3.64. The molecule has 0 saturated heterocycles. The summed E-state index contributed by atoms with van der Waals surface area (Å²) < 4.78 is 0. The van der Waals surface area contributed by atoms with Crippen LogP contribution in [0.3, 0.4) is 0 Å². The fraction of sp³-hybridized carbons (Fsp3) is 0.636. The zero-order valence-corrected chi connectivity index (χ0v) is 9.80. The van der Waals surface area contributed by atoms with Gasteiger partial charge in [-0.2, -0.15) is 0 Å². The predicted molar refractivity (Wildman–Crippen MR) is 59.6 cm³/mol. The lowest BCUT2D eigenvalue weighted by atomic mass is 9.99. The van der Waals surface area contributed by atoms with Crippen LogP contribution in [0, 0.1) is 12.8 Å². The highest BCUT2D eigenvalue weighted by atomic mass is 32.1. The second-order valence-electron chi connectivity index (χ2n) is 4.28. The van der Waals surface area contributed by atoms with Crippen molar-refractivity contribution in [2.24, 2.45) is 5.92 Å². The van der Waals surface area contributed by atoms with Gasteiger partial charge in [0.1, 0.15) is 0 Å². The number of aromatic carboxylic acids is 1. The Balaban J connectivity index is 2.29. The van der Waals surface area contributed by atoms with Crippen molar-refractivity contribution in [2.75, 3.05) is 0 Å². The highest BCUT2D eigenvalue weighted by Gasteiger charge is 2.28. The molecular formula is C11H15NO2S. The maximum atomic E-state index is 10.9. The molecular weight excluding hydrogens is 210 g/mol. The number of carbonyl (C=O) groups is 1. The molecule has 0 spiro atoms. The number of carboxylic acid groups (broad SMARTS) is 1. The van der Waals surface area contributed by atoms with Crippen LogP contribution in [-0.4, -0.2) is 16.1 Å². The van der Waals surface area contributed by atoms with Crippen molar-refractivity contribution in [3.63, 3.8) is 0 Å². The van der Waals surface area contributed by atoms with Crippen molar-refractivity contribution in [3.8, 4) is 0 Å². The second kappa shape index (κ2) is 3.93. The smallest absolute Gasteiger partial charge is 0.355 e. The number of aromatic nitrogens is 1. The highest BCUT2D eigenvalue weighted by Crippen LogP contribution is 2.41. The van der Waals surface area contributed by atoms with E-state index < -0.39 is 5.97 Å². The SMILES string of the molecule is Cc1sc(C2CCCC2C)nc1C(=O)O. The third-order valence-corrected chi connectivity index (χ3v) is 4.30. The number of thiazole rings is 1. The number of hydrogen-bond acceptors (Lipinski definition) is 3. The summed E-state index contributed by atoms with van der Waals surface area (Å²) in [6, 6.07) is 0. The van der Waals surface area contributed by atoms with Crippen molar-refractivity contribution in [2.45, 2.75) is 39.0 Å². The third-order valence-electron chi connectivity index (χ3n) is 3.19. The van der Waals surface area contributed by atoms with Gasteiger partial charge in [0.25, 0.3) is 0 Å². The van der Waals surface area contributed by atoms with E-state index in [1.807, 2.05) is 6.92 Å². The quantitative estimate of drug-likeness (QED) is 0.841. The van der Waals surface area contributed by atoms with Crippen LogP contribution in [0.5, 0.6) is 0 Å². The van der Waals surface area contributed by atoms with Crippen LogP contribution >= 0.6 is 11.3 Å². The Morgan fingerprint density at radius 3 is 2.73 bits per heavy atom. The van der Waals surface area contributed by atoms with Crippen LogP contribution in [0.2, 0.25) is 0 Å². The van der Waals surface area contributed by atoms with Crippen molar-refractivity contribution in [3.05, 3.63) is 15.6 Å². The first-order valence-corrected chi connectivity index (χ1v) is 6.12. The summed E-state index contributed by atoms with van der Waals surface area (Å²) in [5.41, 5.74) is 0.245. The molecule has 0 aliphatic heterocycles. The van der Waals surface area contributed by atoms with Crippen LogP contribution < -0.4 is 0 Å². The van der Waals surface area contributed by atoms with Crippen LogP contribution in [0.25, 0.3) is 0 Å². The van der Waals surface area contributed by atoms with E-state index in [0.717, 1.165) is 16.3 Å². The molecule has 15 heavy (non-hydrogen) atoms. The van der Waals surface area contributed by atoms with E-state index in [4.69, 9.17) is 5.11 Å². The molecule has 1 saturated carbocycles. The Morgan fingerprint density at radius 1 is 1.53 bits per heavy atom. The Bertz CT molecular complexity index is 386. The summed E-state index contributed by atoms with van der Waals surface area (Å²) >= 11 is 1.55. The number of nitrogens with zero attached hydrogens (tertiary/aromatic N) is 1. The van der Waals surface area contributed by atoms with Crippen molar-refractivity contribution >= 4 is 17.3 Å². The van der Waals surface area contributed by atoms with Crippen LogP contribution in [-0.2, 0) is 0 Å². The molecule has 2 unspecified atom stereocenters. The Hall–Kier alpha value is -0.900. The molecule has 0 bridgehead atoms. The summed E-state index contributed by atoms with van der Waals surface area (Å²) in [4.78, 5) is 16.0. The molecule has 1 aliphatic rings. The lowest BCUT2D eigenvalue weighted by Crippen LogP contribution is -2.03. The van der Waals surface area contributed by atoms with E-state index in [0.29, 0.717) is 11.8 Å². The first-order valence-electron chi connectivity index (χ1n) is 5.30. The molecule has 1 aromatic heterocycles. The number of rotatable bonds is 2. The Morgan fingerprint density at radius 2 is 2.27 bits per heavy atom. The van der Waals surface area contributed by atoms with Gasteiger partial charge in [0.2, 0.25) is 0 Å². The van der Waals surface area contributed by atoms with Gasteiger partial charge in [0.05, 0.1) is 5.01 Å². The third kappa shape index (κ3) is 1.91. The standard InChI is InChI=1S/C11H15NO2S/c1-6-4-3-5-8(6)10-12-9(11(13)14)7(2)15-10/h6,8H,3-5H2,1-2H3,(H,13,14). The lowest BCUT2D eigenvalue weighted by Gasteiger charge is -2.10. The lowest BCUT2D eigenvalue weighted by molar-refractivity contribution is 0.0690. The molecule has 3 nitrogen and oxygen atoms in total. The molecule has 0 radical (unpaired) electrons. The fourth-order valence-electron chi connectivity index (χ4n) is 2.29. The van der Waals surface area contributed by atoms with Gasteiger partial charge < -0.3 is 5.11 Å². The largest absolute Gasteiger partial charge is 0.476 e. The average Bonchev–Trinajstić information content (AvgIpc) is 2.71. The minimum Gasteiger partial charge on any atom is -0.476 e. The first-order chi connectivity index (χ1) is 7.09. The maximum Gasteiger partial charge on any atom is 0.355 e. The molecule has 1 fully saturated rings. The summed E-state index contributed by atoms with van der Waals surface area (Å²) in [5.74, 6) is 0.236. The molecule has 0 aromatic carbocycles. The molecule has 2 rings (SSSR count). The maximum absolute atomic E-state index is 10.9. The molecule has 1 N–H and O–H groups in total. The van der Waals surface area contributed by atoms with Gasteiger partial charge in [-0.1, -0.05) is 19.8 Å². The van der Waals surface area contributed by atoms with E-state index in [2.05, 4.69) is 11.9 Å². The molecule has 1 aromatic rings. The van der Waals surface area contributed by atoms with E-state index in [1.165, 1.54) is 12.8 Å². The fourth-order valence-corrected chi connectivity index (χ4v) is 3.47. The first kappa shape index (κ1) is 10.6. The average molecular weight is 225 g/mol. The van der Waals surface area contributed by atoms with Gasteiger partial charge in [-0.25, -0.2) is 9.78 Å². The van der Waals surface area contributed by atoms with E-state index in [9.17, 15) is 4.79 Å². The Labute approximate surface area is 93.2 Å². The van der Waals surface area contributed by atoms with E-state index in [1.54, 1.807) is 11.3 Å².